The molecule has 0 radical (unpaired) electrons. The number of benzene rings is 2. The fourth-order valence-corrected chi connectivity index (χ4v) is 6.95. The zero-order valence-corrected chi connectivity index (χ0v) is 20.3. The van der Waals surface area contributed by atoms with Gasteiger partial charge in [0.05, 0.1) is 11.1 Å². The molecule has 0 heterocycles. The summed E-state index contributed by atoms with van der Waals surface area (Å²) in [4.78, 5) is 26.4. The van der Waals surface area contributed by atoms with Crippen molar-refractivity contribution < 1.29 is 19.1 Å². The van der Waals surface area contributed by atoms with Gasteiger partial charge in [0, 0.05) is 11.8 Å². The Kier molecular flexibility index (Phi) is 5.75. The maximum absolute atomic E-state index is 13.2. The van der Waals surface area contributed by atoms with Crippen molar-refractivity contribution in [1.29, 1.82) is 0 Å². The molecule has 0 amide bonds. The van der Waals surface area contributed by atoms with Gasteiger partial charge in [-0.15, -0.1) is 0 Å². The second kappa shape index (κ2) is 9.09. The molecule has 0 saturated heterocycles. The van der Waals surface area contributed by atoms with E-state index >= 15 is 0 Å². The Hall–Kier alpha value is -3.66. The predicted octanol–water partition coefficient (Wildman–Crippen LogP) is 6.66. The summed E-state index contributed by atoms with van der Waals surface area (Å²) in [5, 5.41) is 0. The molecule has 4 aliphatic carbocycles. The van der Waals surface area contributed by atoms with Crippen LogP contribution in [0.2, 0.25) is 0 Å². The van der Waals surface area contributed by atoms with E-state index in [1.54, 1.807) is 42.0 Å². The first-order valence-electron chi connectivity index (χ1n) is 12.8. The first kappa shape index (κ1) is 22.8. The van der Waals surface area contributed by atoms with Crippen molar-refractivity contribution in [1.82, 2.24) is 0 Å². The van der Waals surface area contributed by atoms with E-state index in [-0.39, 0.29) is 23.8 Å². The number of rotatable bonds is 6. The molecule has 4 aliphatic rings. The highest BCUT2D eigenvalue weighted by Gasteiger charge is 2.63. The van der Waals surface area contributed by atoms with Crippen molar-refractivity contribution in [2.45, 2.75) is 37.9 Å². The molecule has 2 aromatic carbocycles. The molecule has 4 nitrogen and oxygen atoms in total. The second-order valence-electron chi connectivity index (χ2n) is 10.3. The first-order chi connectivity index (χ1) is 17.6. The summed E-state index contributed by atoms with van der Waals surface area (Å²) in [6, 6.07) is 14.5. The molecule has 6 unspecified atom stereocenters. The highest BCUT2D eigenvalue weighted by molar-refractivity contribution is 5.91. The highest BCUT2D eigenvalue weighted by atomic mass is 16.6. The molecule has 36 heavy (non-hydrogen) atoms. The number of fused-ring (bicyclic) bond motifs is 6. The monoisotopic (exact) mass is 478 g/mol. The van der Waals surface area contributed by atoms with Crippen LogP contribution in [-0.2, 0) is 9.47 Å². The SMILES string of the molecule is C=Cc1ccc(C(=O)OC2C3CC(C2OC(=O)c2ccc(C=C)cc2)C2C4=C(CCC=C4)CC32)cc1. The number of allylic oxidation sites excluding steroid dienone is 4. The van der Waals surface area contributed by atoms with Gasteiger partial charge in [-0.2, -0.15) is 0 Å². The third-order valence-corrected chi connectivity index (χ3v) is 8.59. The van der Waals surface area contributed by atoms with Gasteiger partial charge in [-0.1, -0.05) is 67.3 Å². The van der Waals surface area contributed by atoms with Crippen LogP contribution in [0.25, 0.3) is 12.2 Å². The number of hydrogen-bond donors (Lipinski definition) is 0. The van der Waals surface area contributed by atoms with Crippen LogP contribution in [0.15, 0.2) is 85.0 Å². The van der Waals surface area contributed by atoms with Gasteiger partial charge < -0.3 is 9.47 Å². The summed E-state index contributed by atoms with van der Waals surface area (Å²) in [6.07, 6.45) is 11.3. The van der Waals surface area contributed by atoms with E-state index < -0.39 is 12.2 Å². The number of hydrogen-bond acceptors (Lipinski definition) is 4. The lowest BCUT2D eigenvalue weighted by atomic mass is 9.75. The fourth-order valence-electron chi connectivity index (χ4n) is 6.95. The third kappa shape index (κ3) is 3.76. The largest absolute Gasteiger partial charge is 0.455 e. The average Bonchev–Trinajstić information content (AvgIpc) is 3.58. The molecule has 6 rings (SSSR count). The van der Waals surface area contributed by atoms with Crippen LogP contribution >= 0.6 is 0 Å². The first-order valence-corrected chi connectivity index (χ1v) is 12.8. The Balaban J connectivity index is 1.28. The molecule has 6 atom stereocenters. The normalized spacial score (nSPS) is 29.4. The van der Waals surface area contributed by atoms with Gasteiger partial charge in [-0.05, 0) is 78.5 Å². The standard InChI is InChI=1S/C32H30O4/c1-3-19-9-13-21(14-10-19)31(33)35-29-26-18-27(28-24-8-6-5-7-23(24)17-25(26)28)30(29)36-32(34)22-15-11-20(4-2)12-16-22/h3-4,6,8-16,25-30H,1-2,5,7,17-18H2. The summed E-state index contributed by atoms with van der Waals surface area (Å²) in [6.45, 7) is 7.54. The smallest absolute Gasteiger partial charge is 0.338 e. The Bertz CT molecular complexity index is 1280. The summed E-state index contributed by atoms with van der Waals surface area (Å²) < 4.78 is 12.3. The Morgan fingerprint density at radius 3 is 1.89 bits per heavy atom. The van der Waals surface area contributed by atoms with Crippen molar-refractivity contribution in [2.75, 3.05) is 0 Å². The lowest BCUT2D eigenvalue weighted by Crippen LogP contribution is -2.46. The highest BCUT2D eigenvalue weighted by Crippen LogP contribution is 2.63. The number of carbonyl (C=O) groups excluding carboxylic acids is 2. The lowest BCUT2D eigenvalue weighted by Gasteiger charge is -2.38. The fraction of sp³-hybridized carbons (Fsp3) is 0.312. The van der Waals surface area contributed by atoms with Crippen molar-refractivity contribution >= 4 is 24.1 Å². The minimum absolute atomic E-state index is 0.160. The minimum Gasteiger partial charge on any atom is -0.455 e. The van der Waals surface area contributed by atoms with Gasteiger partial charge in [0.2, 0.25) is 0 Å². The quantitative estimate of drug-likeness (QED) is 0.436. The van der Waals surface area contributed by atoms with Crippen molar-refractivity contribution in [3.63, 3.8) is 0 Å². The van der Waals surface area contributed by atoms with Crippen LogP contribution in [0.5, 0.6) is 0 Å². The second-order valence-corrected chi connectivity index (χ2v) is 10.3. The van der Waals surface area contributed by atoms with E-state index in [2.05, 4.69) is 25.3 Å². The summed E-state index contributed by atoms with van der Waals surface area (Å²) in [5.41, 5.74) is 5.86. The molecule has 182 valence electrons. The van der Waals surface area contributed by atoms with Crippen molar-refractivity contribution in [2.24, 2.45) is 23.7 Å². The molecule has 0 N–H and O–H groups in total. The molecular formula is C32H30O4. The van der Waals surface area contributed by atoms with Crippen molar-refractivity contribution in [3.8, 4) is 0 Å². The molecule has 2 saturated carbocycles. The average molecular weight is 479 g/mol. The van der Waals surface area contributed by atoms with Crippen LogP contribution in [0.1, 0.15) is 57.5 Å². The molecule has 2 aromatic rings. The molecule has 4 heteroatoms. The number of ether oxygens (including phenoxy) is 2. The molecule has 0 aliphatic heterocycles. The summed E-state index contributed by atoms with van der Waals surface area (Å²) >= 11 is 0. The predicted molar refractivity (Wildman–Crippen MR) is 140 cm³/mol. The Labute approximate surface area is 212 Å². The molecule has 0 aromatic heterocycles. The Morgan fingerprint density at radius 2 is 1.33 bits per heavy atom. The van der Waals surface area contributed by atoms with E-state index in [1.165, 1.54) is 5.57 Å². The van der Waals surface area contributed by atoms with Crippen LogP contribution in [0.4, 0.5) is 0 Å². The van der Waals surface area contributed by atoms with E-state index in [1.807, 2.05) is 24.3 Å². The van der Waals surface area contributed by atoms with Crippen LogP contribution in [0.3, 0.4) is 0 Å². The van der Waals surface area contributed by atoms with E-state index in [9.17, 15) is 9.59 Å². The van der Waals surface area contributed by atoms with Crippen molar-refractivity contribution in [3.05, 3.63) is 107 Å². The van der Waals surface area contributed by atoms with Gasteiger partial charge in [-0.3, -0.25) is 0 Å². The van der Waals surface area contributed by atoms with Gasteiger partial charge in [0.15, 0.2) is 0 Å². The van der Waals surface area contributed by atoms with Crippen LogP contribution < -0.4 is 0 Å². The van der Waals surface area contributed by atoms with Gasteiger partial charge >= 0.3 is 11.9 Å². The minimum atomic E-state index is -0.457. The van der Waals surface area contributed by atoms with Gasteiger partial charge in [0.25, 0.3) is 0 Å². The zero-order chi connectivity index (χ0) is 24.8. The molecule has 0 spiro atoms. The van der Waals surface area contributed by atoms with Gasteiger partial charge in [0.1, 0.15) is 12.2 Å². The van der Waals surface area contributed by atoms with E-state index in [0.717, 1.165) is 36.8 Å². The molecular weight excluding hydrogens is 448 g/mol. The topological polar surface area (TPSA) is 52.6 Å². The van der Waals surface area contributed by atoms with Crippen LogP contribution in [0, 0.1) is 23.7 Å². The van der Waals surface area contributed by atoms with Crippen LogP contribution in [-0.4, -0.2) is 24.1 Å². The maximum atomic E-state index is 13.2. The molecule has 2 bridgehead atoms. The molecule has 2 fully saturated rings. The van der Waals surface area contributed by atoms with E-state index in [4.69, 9.17) is 9.47 Å². The third-order valence-electron chi connectivity index (χ3n) is 8.59. The lowest BCUT2D eigenvalue weighted by molar-refractivity contribution is -0.0742. The van der Waals surface area contributed by atoms with Gasteiger partial charge in [-0.25, -0.2) is 9.59 Å². The number of carbonyl (C=O) groups is 2. The van der Waals surface area contributed by atoms with E-state index in [0.29, 0.717) is 23.0 Å². The summed E-state index contributed by atoms with van der Waals surface area (Å²) in [5.74, 6) is 0.438. The summed E-state index contributed by atoms with van der Waals surface area (Å²) in [7, 11) is 0. The number of esters is 2. The Morgan fingerprint density at radius 1 is 0.778 bits per heavy atom. The maximum Gasteiger partial charge on any atom is 0.338 e. The zero-order valence-electron chi connectivity index (χ0n) is 20.3.